The Morgan fingerprint density at radius 1 is 0.441 bits per heavy atom. The Bertz CT molecular complexity index is 1310. The number of aliphatic imine (C=N–C) groups is 2. The van der Waals surface area contributed by atoms with Crippen molar-refractivity contribution in [1.29, 1.82) is 0 Å². The van der Waals surface area contributed by atoms with Crippen LogP contribution in [-0.4, -0.2) is 48.4 Å². The van der Waals surface area contributed by atoms with Crippen LogP contribution in [0.15, 0.2) is 46.4 Å². The van der Waals surface area contributed by atoms with Crippen LogP contribution in [0.5, 0.6) is 23.0 Å². The number of unbranched alkanes of at least 4 members (excludes halogenated alkanes) is 30. The molecule has 0 unspecified atom stereocenters. The minimum atomic E-state index is -0.0825. The molecule has 59 heavy (non-hydrogen) atoms. The van der Waals surface area contributed by atoms with Crippen LogP contribution in [0.3, 0.4) is 0 Å². The molecule has 336 valence electrons. The Labute approximate surface area is 363 Å². The lowest BCUT2D eigenvalue weighted by Crippen LogP contribution is -2.04. The third kappa shape index (κ3) is 29.8. The molecular weight excluding hydrogens is 729 g/mol. The molecule has 0 heterocycles. The van der Waals surface area contributed by atoms with Gasteiger partial charge >= 0.3 is 0 Å². The van der Waals surface area contributed by atoms with E-state index in [1.807, 2.05) is 31.2 Å². The summed E-state index contributed by atoms with van der Waals surface area (Å²) in [6, 6.07) is 10.7. The fourth-order valence-corrected chi connectivity index (χ4v) is 7.68. The standard InChI is InChI=1S/C53H90N2O4/c1-4-6-8-10-12-14-16-18-20-22-24-26-28-30-32-34-40-58-50-38-36-48(52(56)42-50)45-54-44-47(3)55-46-49-37-39-51(43-53(49)57)59-41-35-33-31-29-27-25-23-21-19-17-15-13-11-9-7-5-2/h36-39,42-43,45-47,56-57H,4-35,40-41,44H2,1-3H3/t47-/m1/s1. The van der Waals surface area contributed by atoms with Crippen LogP contribution in [0.4, 0.5) is 0 Å². The highest BCUT2D eigenvalue weighted by Crippen LogP contribution is 2.25. The molecule has 0 radical (unpaired) electrons. The summed E-state index contributed by atoms with van der Waals surface area (Å²) >= 11 is 0. The molecule has 2 aromatic rings. The predicted octanol–water partition coefficient (Wildman–Crippen LogP) is 16.3. The summed E-state index contributed by atoms with van der Waals surface area (Å²) < 4.78 is 11.8. The summed E-state index contributed by atoms with van der Waals surface area (Å²) in [5.41, 5.74) is 1.31. The minimum Gasteiger partial charge on any atom is -0.507 e. The van der Waals surface area contributed by atoms with Gasteiger partial charge in [-0.15, -0.1) is 0 Å². The monoisotopic (exact) mass is 819 g/mol. The molecule has 2 aromatic carbocycles. The lowest BCUT2D eigenvalue weighted by Gasteiger charge is -2.09. The van der Waals surface area contributed by atoms with Gasteiger partial charge in [-0.2, -0.15) is 0 Å². The third-order valence-corrected chi connectivity index (χ3v) is 11.6. The minimum absolute atomic E-state index is 0.0825. The molecule has 2 rings (SSSR count). The van der Waals surface area contributed by atoms with Gasteiger partial charge < -0.3 is 19.7 Å². The highest BCUT2D eigenvalue weighted by molar-refractivity contribution is 5.84. The summed E-state index contributed by atoms with van der Waals surface area (Å²) in [4.78, 5) is 9.08. The Kier molecular flexibility index (Phi) is 33.5. The van der Waals surface area contributed by atoms with E-state index in [4.69, 9.17) is 9.47 Å². The number of hydrogen-bond donors (Lipinski definition) is 2. The molecule has 0 saturated heterocycles. The summed E-state index contributed by atoms with van der Waals surface area (Å²) in [5.74, 6) is 1.71. The van der Waals surface area contributed by atoms with Gasteiger partial charge in [0.15, 0.2) is 0 Å². The van der Waals surface area contributed by atoms with Crippen LogP contribution in [-0.2, 0) is 0 Å². The van der Waals surface area contributed by atoms with Crippen molar-refractivity contribution < 1.29 is 19.7 Å². The van der Waals surface area contributed by atoms with Gasteiger partial charge in [0.25, 0.3) is 0 Å². The number of benzene rings is 2. The van der Waals surface area contributed by atoms with Gasteiger partial charge in [-0.25, -0.2) is 0 Å². The molecule has 0 aliphatic heterocycles. The molecule has 0 saturated carbocycles. The van der Waals surface area contributed by atoms with Crippen molar-refractivity contribution in [1.82, 2.24) is 0 Å². The second-order valence-electron chi connectivity index (χ2n) is 17.4. The maximum atomic E-state index is 10.6. The van der Waals surface area contributed by atoms with E-state index in [1.165, 1.54) is 193 Å². The van der Waals surface area contributed by atoms with Crippen molar-refractivity contribution in [3.63, 3.8) is 0 Å². The van der Waals surface area contributed by atoms with Crippen molar-refractivity contribution in [3.8, 4) is 23.0 Å². The number of ether oxygens (including phenoxy) is 2. The molecule has 0 spiro atoms. The molecular formula is C53H90N2O4. The zero-order chi connectivity index (χ0) is 42.3. The highest BCUT2D eigenvalue weighted by atomic mass is 16.5. The molecule has 0 aliphatic rings. The topological polar surface area (TPSA) is 83.6 Å². The molecule has 2 N–H and O–H groups in total. The Morgan fingerprint density at radius 2 is 0.746 bits per heavy atom. The fraction of sp³-hybridized carbons (Fsp3) is 0.736. The Morgan fingerprint density at radius 3 is 1.07 bits per heavy atom. The van der Waals surface area contributed by atoms with Gasteiger partial charge in [-0.3, -0.25) is 9.98 Å². The quantitative estimate of drug-likeness (QED) is 0.0517. The first kappa shape index (κ1) is 52.1. The SMILES string of the molecule is CCCCCCCCCCCCCCCCCCOc1ccc(C=NC[C@@H](C)N=Cc2ccc(OCCCCCCCCCCCCCCCCCC)cc2O)c(O)c1. The number of hydrogen-bond acceptors (Lipinski definition) is 6. The van der Waals surface area contributed by atoms with Gasteiger partial charge in [0.2, 0.25) is 0 Å². The van der Waals surface area contributed by atoms with Crippen LogP contribution >= 0.6 is 0 Å². The average Bonchev–Trinajstić information content (AvgIpc) is 3.23. The normalized spacial score (nSPS) is 12.3. The first-order valence-corrected chi connectivity index (χ1v) is 25.0. The van der Waals surface area contributed by atoms with Crippen molar-refractivity contribution in [3.05, 3.63) is 47.5 Å². The number of phenols is 2. The maximum absolute atomic E-state index is 10.6. The second kappa shape index (κ2) is 37.9. The summed E-state index contributed by atoms with van der Waals surface area (Å²) in [7, 11) is 0. The first-order valence-electron chi connectivity index (χ1n) is 25.0. The van der Waals surface area contributed by atoms with E-state index in [1.54, 1.807) is 24.6 Å². The maximum Gasteiger partial charge on any atom is 0.128 e. The third-order valence-electron chi connectivity index (χ3n) is 11.6. The average molecular weight is 819 g/mol. The molecule has 1 atom stereocenters. The molecule has 0 aromatic heterocycles. The smallest absolute Gasteiger partial charge is 0.128 e. The highest BCUT2D eigenvalue weighted by Gasteiger charge is 2.05. The van der Waals surface area contributed by atoms with Crippen LogP contribution in [0, 0.1) is 0 Å². The van der Waals surface area contributed by atoms with Gasteiger partial charge in [0, 0.05) is 35.7 Å². The van der Waals surface area contributed by atoms with E-state index in [0.717, 1.165) is 12.8 Å². The van der Waals surface area contributed by atoms with E-state index in [9.17, 15) is 10.2 Å². The summed E-state index contributed by atoms with van der Waals surface area (Å²) in [5, 5.41) is 21.1. The number of aromatic hydroxyl groups is 2. The number of nitrogens with zero attached hydrogens (tertiary/aromatic N) is 2. The van der Waals surface area contributed by atoms with Gasteiger partial charge in [0.05, 0.1) is 25.8 Å². The molecule has 0 aliphatic carbocycles. The van der Waals surface area contributed by atoms with Crippen molar-refractivity contribution >= 4 is 12.4 Å². The van der Waals surface area contributed by atoms with Gasteiger partial charge in [-0.1, -0.05) is 206 Å². The van der Waals surface area contributed by atoms with E-state index in [2.05, 4.69) is 23.8 Å². The number of rotatable bonds is 41. The molecule has 6 nitrogen and oxygen atoms in total. The molecule has 0 amide bonds. The molecule has 0 bridgehead atoms. The predicted molar refractivity (Wildman–Crippen MR) is 256 cm³/mol. The van der Waals surface area contributed by atoms with Crippen LogP contribution in [0.2, 0.25) is 0 Å². The zero-order valence-corrected chi connectivity index (χ0v) is 38.6. The summed E-state index contributed by atoms with van der Waals surface area (Å²) in [6.45, 7) is 8.36. The summed E-state index contributed by atoms with van der Waals surface area (Å²) in [6.07, 6.45) is 46.7. The van der Waals surface area contributed by atoms with Crippen molar-refractivity contribution in [2.75, 3.05) is 19.8 Å². The van der Waals surface area contributed by atoms with Crippen LogP contribution in [0.25, 0.3) is 0 Å². The van der Waals surface area contributed by atoms with E-state index < -0.39 is 0 Å². The first-order chi connectivity index (χ1) is 29.0. The zero-order valence-electron chi connectivity index (χ0n) is 38.6. The van der Waals surface area contributed by atoms with Gasteiger partial charge in [0.1, 0.15) is 23.0 Å². The second-order valence-corrected chi connectivity index (χ2v) is 17.4. The van der Waals surface area contributed by atoms with E-state index in [-0.39, 0.29) is 17.5 Å². The Balaban J connectivity index is 1.47. The van der Waals surface area contributed by atoms with Crippen molar-refractivity contribution in [2.24, 2.45) is 9.98 Å². The van der Waals surface area contributed by atoms with Crippen LogP contribution in [0.1, 0.15) is 237 Å². The fourth-order valence-electron chi connectivity index (χ4n) is 7.68. The van der Waals surface area contributed by atoms with Gasteiger partial charge in [-0.05, 0) is 44.0 Å². The lowest BCUT2D eigenvalue weighted by molar-refractivity contribution is 0.302. The molecule has 6 heteroatoms. The van der Waals surface area contributed by atoms with Crippen LogP contribution < -0.4 is 9.47 Å². The lowest BCUT2D eigenvalue weighted by atomic mass is 10.0. The number of phenolic OH excluding ortho intramolecular Hbond substituents is 2. The van der Waals surface area contributed by atoms with E-state index >= 15 is 0 Å². The molecule has 0 fully saturated rings. The van der Waals surface area contributed by atoms with E-state index in [0.29, 0.717) is 42.4 Å². The van der Waals surface area contributed by atoms with Crippen molar-refractivity contribution in [2.45, 2.75) is 232 Å². The Hall–Kier alpha value is -3.02. The largest absolute Gasteiger partial charge is 0.507 e.